The number of benzene rings is 2. The van der Waals surface area contributed by atoms with Crippen LogP contribution in [0.1, 0.15) is 25.7 Å². The SMILES string of the molecule is Oc1cc(-c2nc3c4c(nc(OCC56CCCN5CCC6)nc4c2F)N2CCNC[C@H]2CO3)c2c(OC(F)(F)F)c(F)ccc2c1. The highest BCUT2D eigenvalue weighted by Gasteiger charge is 2.45. The van der Waals surface area contributed by atoms with E-state index in [1.807, 2.05) is 4.90 Å². The number of hydrogen-bond acceptors (Lipinski definition) is 10. The third kappa shape index (κ3) is 4.78. The van der Waals surface area contributed by atoms with E-state index in [-0.39, 0.29) is 51.9 Å². The highest BCUT2D eigenvalue weighted by molar-refractivity contribution is 6.04. The number of pyridine rings is 1. The van der Waals surface area contributed by atoms with Gasteiger partial charge in [-0.1, -0.05) is 6.07 Å². The Morgan fingerprint density at radius 3 is 2.63 bits per heavy atom. The first-order valence-corrected chi connectivity index (χ1v) is 15.2. The second kappa shape index (κ2) is 10.7. The lowest BCUT2D eigenvalue weighted by molar-refractivity contribution is -0.275. The fourth-order valence-corrected chi connectivity index (χ4v) is 7.48. The molecule has 3 saturated heterocycles. The van der Waals surface area contributed by atoms with Crippen LogP contribution in [0.2, 0.25) is 0 Å². The van der Waals surface area contributed by atoms with Gasteiger partial charge in [-0.2, -0.15) is 9.97 Å². The van der Waals surface area contributed by atoms with Gasteiger partial charge in [0.05, 0.1) is 11.6 Å². The van der Waals surface area contributed by atoms with Gasteiger partial charge in [-0.15, -0.1) is 13.2 Å². The summed E-state index contributed by atoms with van der Waals surface area (Å²) < 4.78 is 88.5. The fraction of sp³-hybridized carbons (Fsp3) is 0.452. The number of aromatic hydroxyl groups is 1. The number of piperazine rings is 1. The smallest absolute Gasteiger partial charge is 0.508 e. The number of phenols is 1. The summed E-state index contributed by atoms with van der Waals surface area (Å²) in [5.74, 6) is -3.63. The number of fused-ring (bicyclic) bond motifs is 4. The van der Waals surface area contributed by atoms with Gasteiger partial charge in [0.2, 0.25) is 5.88 Å². The van der Waals surface area contributed by atoms with E-state index in [0.29, 0.717) is 32.1 Å². The van der Waals surface area contributed by atoms with Crippen LogP contribution in [-0.4, -0.2) is 88.8 Å². The lowest BCUT2D eigenvalue weighted by atomic mass is 9.95. The molecule has 10 nitrogen and oxygen atoms in total. The standard InChI is InChI=1S/C31H29F5N6O4/c32-20-4-3-16-11-18(43)12-19(21(16)26(20)46-31(34,35)36)24-23(33)25-22-27(42-10-7-37-13-17(42)14-44-28(22)38-24)40-29(39-25)45-15-30-5-1-8-41(30)9-2-6-30/h3-4,11-12,17,37,43H,1-2,5-10,13-15H2/t17-/m0/s1. The highest BCUT2D eigenvalue weighted by atomic mass is 19.4. The van der Waals surface area contributed by atoms with Crippen LogP contribution in [0.3, 0.4) is 0 Å². The lowest BCUT2D eigenvalue weighted by Gasteiger charge is -2.35. The second-order valence-corrected chi connectivity index (χ2v) is 12.2. The van der Waals surface area contributed by atoms with E-state index in [2.05, 4.69) is 24.9 Å². The van der Waals surface area contributed by atoms with Crippen molar-refractivity contribution in [2.45, 2.75) is 43.6 Å². The van der Waals surface area contributed by atoms with Crippen molar-refractivity contribution in [2.75, 3.05) is 50.8 Å². The molecule has 0 amide bonds. The Labute approximate surface area is 259 Å². The van der Waals surface area contributed by atoms with E-state index in [0.717, 1.165) is 63.0 Å². The van der Waals surface area contributed by atoms with E-state index >= 15 is 4.39 Å². The Kier molecular flexibility index (Phi) is 6.76. The minimum Gasteiger partial charge on any atom is -0.508 e. The van der Waals surface area contributed by atoms with Crippen molar-refractivity contribution >= 4 is 27.5 Å². The van der Waals surface area contributed by atoms with E-state index in [1.54, 1.807) is 0 Å². The van der Waals surface area contributed by atoms with Crippen molar-refractivity contribution in [3.05, 3.63) is 35.9 Å². The molecule has 242 valence electrons. The summed E-state index contributed by atoms with van der Waals surface area (Å²) in [4.78, 5) is 18.1. The molecular formula is C31H29F5N6O4. The number of rotatable bonds is 5. The maximum absolute atomic E-state index is 16.9. The van der Waals surface area contributed by atoms with Crippen molar-refractivity contribution < 1.29 is 41.3 Å². The molecule has 8 rings (SSSR count). The Morgan fingerprint density at radius 2 is 1.85 bits per heavy atom. The Bertz CT molecular complexity index is 1860. The van der Waals surface area contributed by atoms with Gasteiger partial charge in [0.25, 0.3) is 0 Å². The first-order chi connectivity index (χ1) is 22.1. The Hall–Kier alpha value is -4.24. The molecule has 0 aliphatic carbocycles. The molecule has 3 fully saturated rings. The zero-order chi connectivity index (χ0) is 31.8. The number of nitrogens with zero attached hydrogens (tertiary/aromatic N) is 5. The molecule has 0 unspecified atom stereocenters. The van der Waals surface area contributed by atoms with Gasteiger partial charge in [0.15, 0.2) is 17.4 Å². The summed E-state index contributed by atoms with van der Waals surface area (Å²) in [6.07, 6.45) is -1.21. The Morgan fingerprint density at radius 1 is 1.04 bits per heavy atom. The van der Waals surface area contributed by atoms with Crippen LogP contribution in [0.5, 0.6) is 23.4 Å². The molecule has 0 radical (unpaired) electrons. The lowest BCUT2D eigenvalue weighted by Crippen LogP contribution is -2.53. The van der Waals surface area contributed by atoms with Gasteiger partial charge in [-0.25, -0.2) is 13.8 Å². The number of anilines is 1. The van der Waals surface area contributed by atoms with E-state index in [4.69, 9.17) is 14.5 Å². The summed E-state index contributed by atoms with van der Waals surface area (Å²) >= 11 is 0. The highest BCUT2D eigenvalue weighted by Crippen LogP contribution is 2.46. The number of aromatic nitrogens is 3. The van der Waals surface area contributed by atoms with Gasteiger partial charge in [0.1, 0.15) is 41.4 Å². The number of alkyl halides is 3. The summed E-state index contributed by atoms with van der Waals surface area (Å²) in [6.45, 7) is 4.16. The Balaban J connectivity index is 1.34. The first-order valence-electron chi connectivity index (χ1n) is 15.2. The minimum absolute atomic E-state index is 0.0312. The normalized spacial score (nSPS) is 20.8. The summed E-state index contributed by atoms with van der Waals surface area (Å²) in [5.41, 5.74) is -1.21. The zero-order valence-corrected chi connectivity index (χ0v) is 24.5. The van der Waals surface area contributed by atoms with Crippen molar-refractivity contribution in [3.8, 4) is 34.6 Å². The maximum Gasteiger partial charge on any atom is 0.573 e. The van der Waals surface area contributed by atoms with E-state index < -0.39 is 40.6 Å². The molecule has 46 heavy (non-hydrogen) atoms. The molecule has 0 saturated carbocycles. The molecule has 2 aromatic carbocycles. The molecule has 4 aliphatic rings. The maximum atomic E-state index is 16.9. The topological polar surface area (TPSA) is 105 Å². The molecule has 15 heteroatoms. The molecule has 4 aromatic rings. The number of hydrogen-bond donors (Lipinski definition) is 2. The van der Waals surface area contributed by atoms with Crippen LogP contribution in [0, 0.1) is 11.6 Å². The molecule has 2 N–H and O–H groups in total. The number of phenolic OH excluding ortho intramolecular Hbond substituents is 1. The molecule has 0 spiro atoms. The average molecular weight is 645 g/mol. The van der Waals surface area contributed by atoms with Crippen LogP contribution >= 0.6 is 0 Å². The number of ether oxygens (including phenoxy) is 3. The van der Waals surface area contributed by atoms with Crippen molar-refractivity contribution in [3.63, 3.8) is 0 Å². The fourth-order valence-electron chi connectivity index (χ4n) is 7.48. The summed E-state index contributed by atoms with van der Waals surface area (Å²) in [5, 5.41) is 13.6. The van der Waals surface area contributed by atoms with Gasteiger partial charge in [-0.3, -0.25) is 4.90 Å². The van der Waals surface area contributed by atoms with Crippen LogP contribution in [-0.2, 0) is 0 Å². The van der Waals surface area contributed by atoms with Crippen molar-refractivity contribution in [2.24, 2.45) is 0 Å². The van der Waals surface area contributed by atoms with Gasteiger partial charge >= 0.3 is 12.4 Å². The van der Waals surface area contributed by atoms with E-state index in [9.17, 15) is 22.7 Å². The molecule has 6 heterocycles. The largest absolute Gasteiger partial charge is 0.573 e. The third-order valence-electron chi connectivity index (χ3n) is 9.51. The van der Waals surface area contributed by atoms with Gasteiger partial charge < -0.3 is 29.5 Å². The van der Waals surface area contributed by atoms with Crippen LogP contribution in [0.15, 0.2) is 24.3 Å². The van der Waals surface area contributed by atoms with Crippen LogP contribution in [0.25, 0.3) is 32.9 Å². The summed E-state index contributed by atoms with van der Waals surface area (Å²) in [7, 11) is 0. The quantitative estimate of drug-likeness (QED) is 0.292. The number of halogens is 5. The molecule has 1 atom stereocenters. The molecule has 0 bridgehead atoms. The first kappa shape index (κ1) is 29.2. The van der Waals surface area contributed by atoms with Crippen molar-refractivity contribution in [1.82, 2.24) is 25.2 Å². The second-order valence-electron chi connectivity index (χ2n) is 12.2. The monoisotopic (exact) mass is 644 g/mol. The predicted molar refractivity (Wildman–Crippen MR) is 156 cm³/mol. The molecular weight excluding hydrogens is 615 g/mol. The predicted octanol–water partition coefficient (Wildman–Crippen LogP) is 4.91. The zero-order valence-electron chi connectivity index (χ0n) is 24.5. The third-order valence-corrected chi connectivity index (χ3v) is 9.51. The van der Waals surface area contributed by atoms with Gasteiger partial charge in [0, 0.05) is 30.6 Å². The van der Waals surface area contributed by atoms with Crippen LogP contribution < -0.4 is 24.4 Å². The van der Waals surface area contributed by atoms with Crippen LogP contribution in [0.4, 0.5) is 27.8 Å². The molecule has 4 aliphatic heterocycles. The average Bonchev–Trinajstić information content (AvgIpc) is 3.56. The van der Waals surface area contributed by atoms with Crippen molar-refractivity contribution in [1.29, 1.82) is 0 Å². The van der Waals surface area contributed by atoms with Gasteiger partial charge in [-0.05, 0) is 62.4 Å². The molecule has 2 aromatic heterocycles. The van der Waals surface area contributed by atoms with E-state index in [1.165, 1.54) is 0 Å². The minimum atomic E-state index is -5.26. The summed E-state index contributed by atoms with van der Waals surface area (Å²) in [6, 6.07) is 3.82. The number of nitrogens with one attached hydrogen (secondary N) is 1.